The highest BCUT2D eigenvalue weighted by atomic mass is 16.4. The zero-order chi connectivity index (χ0) is 15.0. The number of aliphatic carboxylic acids is 1. The number of carbonyl (C=O) groups excluding carboxylic acids is 2. The fourth-order valence-electron chi connectivity index (χ4n) is 3.58. The number of carboxylic acid groups (broad SMARTS) is 1. The van der Waals surface area contributed by atoms with Crippen molar-refractivity contribution in [2.45, 2.75) is 57.0 Å². The molecule has 0 radical (unpaired) electrons. The summed E-state index contributed by atoms with van der Waals surface area (Å²) in [6, 6.07) is -0.679. The van der Waals surface area contributed by atoms with Crippen molar-refractivity contribution in [3.63, 3.8) is 0 Å². The predicted octanol–water partition coefficient (Wildman–Crippen LogP) is 0.757. The minimum Gasteiger partial charge on any atom is -0.481 e. The molecular formula is C15H22N2O4. The Balaban J connectivity index is 1.61. The molecule has 2 aliphatic carbocycles. The Morgan fingerprint density at radius 1 is 1.00 bits per heavy atom. The summed E-state index contributed by atoms with van der Waals surface area (Å²) in [6.45, 7) is 0.653. The van der Waals surface area contributed by atoms with Gasteiger partial charge < -0.3 is 15.3 Å². The molecule has 0 aromatic heterocycles. The molecule has 3 fully saturated rings. The number of likely N-dealkylation sites (tertiary alicyclic amines) is 1. The maximum Gasteiger partial charge on any atom is 0.308 e. The molecule has 1 heterocycles. The first-order chi connectivity index (χ1) is 10.1. The fraction of sp³-hybridized carbons (Fsp3) is 0.800. The molecule has 0 aromatic carbocycles. The van der Waals surface area contributed by atoms with Crippen LogP contribution in [0.2, 0.25) is 0 Å². The Morgan fingerprint density at radius 3 is 2.43 bits per heavy atom. The first-order valence-electron chi connectivity index (χ1n) is 7.91. The highest BCUT2D eigenvalue weighted by Crippen LogP contribution is 2.34. The van der Waals surface area contributed by atoms with Crippen LogP contribution in [-0.2, 0) is 14.4 Å². The summed E-state index contributed by atoms with van der Waals surface area (Å²) in [7, 11) is 0. The summed E-state index contributed by atoms with van der Waals surface area (Å²) in [4.78, 5) is 37.5. The van der Waals surface area contributed by atoms with Crippen LogP contribution < -0.4 is 5.32 Å². The van der Waals surface area contributed by atoms with Crippen molar-refractivity contribution in [2.24, 2.45) is 11.8 Å². The predicted molar refractivity (Wildman–Crippen MR) is 74.4 cm³/mol. The van der Waals surface area contributed by atoms with Gasteiger partial charge in [0.05, 0.1) is 5.92 Å². The van der Waals surface area contributed by atoms with E-state index in [0.717, 1.165) is 25.7 Å². The van der Waals surface area contributed by atoms with Crippen LogP contribution in [0.4, 0.5) is 0 Å². The Hall–Kier alpha value is -1.59. The van der Waals surface area contributed by atoms with Gasteiger partial charge in [0, 0.05) is 18.5 Å². The Labute approximate surface area is 123 Å². The topological polar surface area (TPSA) is 86.7 Å². The van der Waals surface area contributed by atoms with Crippen molar-refractivity contribution >= 4 is 17.8 Å². The number of carbonyl (C=O) groups is 3. The van der Waals surface area contributed by atoms with Crippen LogP contribution >= 0.6 is 0 Å². The van der Waals surface area contributed by atoms with Crippen LogP contribution in [0.3, 0.4) is 0 Å². The molecule has 0 aromatic rings. The molecule has 116 valence electrons. The summed E-state index contributed by atoms with van der Waals surface area (Å²) in [5.74, 6) is -1.26. The van der Waals surface area contributed by atoms with Crippen molar-refractivity contribution in [1.29, 1.82) is 0 Å². The maximum absolute atomic E-state index is 12.4. The van der Waals surface area contributed by atoms with Gasteiger partial charge in [-0.2, -0.15) is 0 Å². The molecule has 3 aliphatic rings. The lowest BCUT2D eigenvalue weighted by Crippen LogP contribution is -2.50. The lowest BCUT2D eigenvalue weighted by molar-refractivity contribution is -0.143. The van der Waals surface area contributed by atoms with Crippen molar-refractivity contribution in [3.05, 3.63) is 0 Å². The summed E-state index contributed by atoms with van der Waals surface area (Å²) in [5, 5.41) is 12.1. The number of hydrogen-bond donors (Lipinski definition) is 2. The lowest BCUT2D eigenvalue weighted by Gasteiger charge is -2.26. The smallest absolute Gasteiger partial charge is 0.308 e. The lowest BCUT2D eigenvalue weighted by atomic mass is 10.0. The molecule has 3 unspecified atom stereocenters. The van der Waals surface area contributed by atoms with Gasteiger partial charge >= 0.3 is 5.97 Å². The summed E-state index contributed by atoms with van der Waals surface area (Å²) >= 11 is 0. The maximum atomic E-state index is 12.4. The number of carboxylic acids is 1. The Kier molecular flexibility index (Phi) is 3.87. The number of nitrogens with zero attached hydrogens (tertiary/aromatic N) is 1. The molecule has 0 bridgehead atoms. The molecule has 0 spiro atoms. The molecule has 6 nitrogen and oxygen atoms in total. The quantitative estimate of drug-likeness (QED) is 0.801. The van der Waals surface area contributed by atoms with Crippen LogP contribution in [0.15, 0.2) is 0 Å². The Bertz CT molecular complexity index is 461. The van der Waals surface area contributed by atoms with Crippen molar-refractivity contribution < 1.29 is 19.5 Å². The standard InChI is InChI=1S/C15H22N2O4/c18-13(16-11-4-1-3-10(11)15(20)21)12-5-2-8-17(12)14(19)9-6-7-9/h9-12H,1-8H2,(H,16,18)(H,20,21). The second kappa shape index (κ2) is 5.66. The average molecular weight is 294 g/mol. The fourth-order valence-corrected chi connectivity index (χ4v) is 3.58. The summed E-state index contributed by atoms with van der Waals surface area (Å²) in [5.41, 5.74) is 0. The normalized spacial score (nSPS) is 32.2. The summed E-state index contributed by atoms with van der Waals surface area (Å²) in [6.07, 6.45) is 5.58. The van der Waals surface area contributed by atoms with Crippen LogP contribution in [0.5, 0.6) is 0 Å². The van der Waals surface area contributed by atoms with Gasteiger partial charge in [-0.15, -0.1) is 0 Å². The van der Waals surface area contributed by atoms with Gasteiger partial charge in [-0.3, -0.25) is 14.4 Å². The highest BCUT2D eigenvalue weighted by molar-refractivity contribution is 5.90. The van der Waals surface area contributed by atoms with Gasteiger partial charge in [-0.05, 0) is 38.5 Å². The number of rotatable bonds is 4. The molecular weight excluding hydrogens is 272 g/mol. The molecule has 21 heavy (non-hydrogen) atoms. The second-order valence-electron chi connectivity index (χ2n) is 6.45. The summed E-state index contributed by atoms with van der Waals surface area (Å²) < 4.78 is 0. The second-order valence-corrected chi connectivity index (χ2v) is 6.45. The van der Waals surface area contributed by atoms with Crippen LogP contribution in [0, 0.1) is 11.8 Å². The first-order valence-corrected chi connectivity index (χ1v) is 7.91. The van der Waals surface area contributed by atoms with E-state index < -0.39 is 17.9 Å². The highest BCUT2D eigenvalue weighted by Gasteiger charge is 2.42. The zero-order valence-electron chi connectivity index (χ0n) is 12.1. The number of hydrogen-bond acceptors (Lipinski definition) is 3. The molecule has 1 aliphatic heterocycles. The molecule has 1 saturated heterocycles. The van der Waals surface area contributed by atoms with E-state index in [1.807, 2.05) is 0 Å². The first kappa shape index (κ1) is 14.4. The van der Waals surface area contributed by atoms with Gasteiger partial charge in [-0.25, -0.2) is 0 Å². The molecule has 3 rings (SSSR count). The third kappa shape index (κ3) is 2.89. The van der Waals surface area contributed by atoms with Crippen LogP contribution in [0.1, 0.15) is 44.9 Å². The molecule has 2 amide bonds. The van der Waals surface area contributed by atoms with Gasteiger partial charge in [-0.1, -0.05) is 6.42 Å². The van der Waals surface area contributed by atoms with E-state index in [4.69, 9.17) is 5.11 Å². The largest absolute Gasteiger partial charge is 0.481 e. The minimum absolute atomic E-state index is 0.105. The van der Waals surface area contributed by atoms with E-state index >= 15 is 0 Å². The van der Waals surface area contributed by atoms with E-state index in [1.165, 1.54) is 0 Å². The average Bonchev–Trinajstić information content (AvgIpc) is 3.00. The van der Waals surface area contributed by atoms with Crippen molar-refractivity contribution in [2.75, 3.05) is 6.54 Å². The van der Waals surface area contributed by atoms with Gasteiger partial charge in [0.2, 0.25) is 11.8 Å². The van der Waals surface area contributed by atoms with E-state index in [-0.39, 0.29) is 23.8 Å². The van der Waals surface area contributed by atoms with Gasteiger partial charge in [0.25, 0.3) is 0 Å². The van der Waals surface area contributed by atoms with Crippen LogP contribution in [-0.4, -0.2) is 46.4 Å². The third-order valence-corrected chi connectivity index (χ3v) is 4.93. The van der Waals surface area contributed by atoms with Crippen molar-refractivity contribution in [3.8, 4) is 0 Å². The van der Waals surface area contributed by atoms with E-state index in [9.17, 15) is 14.4 Å². The Morgan fingerprint density at radius 2 is 1.76 bits per heavy atom. The molecule has 2 saturated carbocycles. The number of nitrogens with one attached hydrogen (secondary N) is 1. The molecule has 3 atom stereocenters. The van der Waals surface area contributed by atoms with Gasteiger partial charge in [0.1, 0.15) is 6.04 Å². The SMILES string of the molecule is O=C(O)C1CCCC1NC(=O)C1CCCN1C(=O)C1CC1. The van der Waals surface area contributed by atoms with E-state index in [0.29, 0.717) is 25.8 Å². The van der Waals surface area contributed by atoms with Crippen molar-refractivity contribution in [1.82, 2.24) is 10.2 Å². The number of amides is 2. The zero-order valence-corrected chi connectivity index (χ0v) is 12.1. The molecule has 2 N–H and O–H groups in total. The van der Waals surface area contributed by atoms with Gasteiger partial charge in [0.15, 0.2) is 0 Å². The monoisotopic (exact) mass is 294 g/mol. The van der Waals surface area contributed by atoms with E-state index in [2.05, 4.69) is 5.32 Å². The molecule has 6 heteroatoms. The van der Waals surface area contributed by atoms with Crippen LogP contribution in [0.25, 0.3) is 0 Å². The minimum atomic E-state index is -0.838. The van der Waals surface area contributed by atoms with E-state index in [1.54, 1.807) is 4.90 Å². The third-order valence-electron chi connectivity index (χ3n) is 4.93.